The Kier molecular flexibility index (Phi) is 4.90. The molecule has 0 radical (unpaired) electrons. The molecule has 0 aromatic heterocycles. The van der Waals surface area contributed by atoms with Crippen LogP contribution in [0.1, 0.15) is 31.2 Å². The monoisotopic (exact) mass is 267 g/mol. The van der Waals surface area contributed by atoms with Crippen LogP contribution in [0.2, 0.25) is 5.02 Å². The van der Waals surface area contributed by atoms with Gasteiger partial charge < -0.3 is 10.1 Å². The van der Waals surface area contributed by atoms with E-state index in [0.717, 1.165) is 35.3 Å². The van der Waals surface area contributed by atoms with Crippen molar-refractivity contribution in [2.45, 2.75) is 38.6 Å². The first-order valence-corrected chi connectivity index (χ1v) is 7.14. The van der Waals surface area contributed by atoms with Gasteiger partial charge in [0, 0.05) is 11.1 Å². The Morgan fingerprint density at radius 2 is 2.22 bits per heavy atom. The molecule has 0 amide bonds. The maximum atomic E-state index is 5.99. The summed E-state index contributed by atoms with van der Waals surface area (Å²) >= 11 is 5.99. The van der Waals surface area contributed by atoms with Crippen molar-refractivity contribution >= 4 is 11.6 Å². The largest absolute Gasteiger partial charge is 0.494 e. The van der Waals surface area contributed by atoms with Gasteiger partial charge >= 0.3 is 0 Å². The molecule has 0 heterocycles. The summed E-state index contributed by atoms with van der Waals surface area (Å²) in [6.07, 6.45) is 5.11. The summed E-state index contributed by atoms with van der Waals surface area (Å²) in [4.78, 5) is 0. The molecule has 2 unspecified atom stereocenters. The number of hydrogen-bond acceptors (Lipinski definition) is 2. The molecule has 2 atom stereocenters. The zero-order valence-electron chi connectivity index (χ0n) is 11.2. The number of benzene rings is 1. The molecule has 1 N–H and O–H groups in total. The highest BCUT2D eigenvalue weighted by molar-refractivity contribution is 6.31. The van der Waals surface area contributed by atoms with E-state index in [2.05, 4.69) is 12.4 Å². The molecule has 3 heteroatoms. The van der Waals surface area contributed by atoms with Crippen molar-refractivity contribution in [1.82, 2.24) is 5.32 Å². The van der Waals surface area contributed by atoms with Gasteiger partial charge in [0.25, 0.3) is 0 Å². The lowest BCUT2D eigenvalue weighted by Gasteiger charge is -2.19. The first-order chi connectivity index (χ1) is 8.70. The maximum absolute atomic E-state index is 5.99. The standard InChI is InChI=1S/C15H22ClNO/c1-11-10-13(6-7-14(11)16)18-9-8-12-4-3-5-15(12)17-2/h6-7,10,12,15,17H,3-5,8-9H2,1-2H3. The summed E-state index contributed by atoms with van der Waals surface area (Å²) in [6.45, 7) is 2.80. The molecule has 0 aliphatic heterocycles. The second kappa shape index (κ2) is 6.44. The summed E-state index contributed by atoms with van der Waals surface area (Å²) in [7, 11) is 2.06. The zero-order chi connectivity index (χ0) is 13.0. The van der Waals surface area contributed by atoms with Crippen LogP contribution in [0.5, 0.6) is 5.75 Å². The van der Waals surface area contributed by atoms with Gasteiger partial charge in [0.05, 0.1) is 6.61 Å². The molecular formula is C15H22ClNO. The molecule has 1 aliphatic carbocycles. The van der Waals surface area contributed by atoms with Gasteiger partial charge in [-0.25, -0.2) is 0 Å². The van der Waals surface area contributed by atoms with E-state index >= 15 is 0 Å². The van der Waals surface area contributed by atoms with Crippen molar-refractivity contribution in [3.8, 4) is 5.75 Å². The average molecular weight is 268 g/mol. The number of aryl methyl sites for hydroxylation is 1. The summed E-state index contributed by atoms with van der Waals surface area (Å²) in [6, 6.07) is 6.53. The third kappa shape index (κ3) is 3.39. The van der Waals surface area contributed by atoms with Gasteiger partial charge in [-0.2, -0.15) is 0 Å². The van der Waals surface area contributed by atoms with Crippen LogP contribution in [0, 0.1) is 12.8 Å². The van der Waals surface area contributed by atoms with Crippen LogP contribution in [0.4, 0.5) is 0 Å². The van der Waals surface area contributed by atoms with E-state index < -0.39 is 0 Å². The number of ether oxygens (including phenoxy) is 1. The van der Waals surface area contributed by atoms with Crippen LogP contribution in [-0.4, -0.2) is 19.7 Å². The lowest BCUT2D eigenvalue weighted by molar-refractivity contribution is 0.263. The SMILES string of the molecule is CNC1CCCC1CCOc1ccc(Cl)c(C)c1. The topological polar surface area (TPSA) is 21.3 Å². The third-order valence-electron chi connectivity index (χ3n) is 3.92. The molecule has 1 fully saturated rings. The summed E-state index contributed by atoms with van der Waals surface area (Å²) in [5.74, 6) is 1.69. The van der Waals surface area contributed by atoms with E-state index in [1.165, 1.54) is 19.3 Å². The molecule has 1 aromatic rings. The highest BCUT2D eigenvalue weighted by atomic mass is 35.5. The number of halogens is 1. The fourth-order valence-electron chi connectivity index (χ4n) is 2.80. The van der Waals surface area contributed by atoms with Gasteiger partial charge in [0.1, 0.15) is 5.75 Å². The van der Waals surface area contributed by atoms with E-state index in [4.69, 9.17) is 16.3 Å². The van der Waals surface area contributed by atoms with Crippen LogP contribution in [-0.2, 0) is 0 Å². The second-order valence-electron chi connectivity index (χ2n) is 5.13. The zero-order valence-corrected chi connectivity index (χ0v) is 12.0. The van der Waals surface area contributed by atoms with Crippen LogP contribution in [0.3, 0.4) is 0 Å². The number of nitrogens with one attached hydrogen (secondary N) is 1. The highest BCUT2D eigenvalue weighted by Gasteiger charge is 2.25. The predicted octanol–water partition coefficient (Wildman–Crippen LogP) is 3.81. The highest BCUT2D eigenvalue weighted by Crippen LogP contribution is 2.28. The Bertz CT molecular complexity index is 394. The molecule has 1 aliphatic rings. The predicted molar refractivity (Wildman–Crippen MR) is 76.5 cm³/mol. The molecule has 2 nitrogen and oxygen atoms in total. The van der Waals surface area contributed by atoms with Crippen LogP contribution < -0.4 is 10.1 Å². The van der Waals surface area contributed by atoms with Gasteiger partial charge in [0.15, 0.2) is 0 Å². The van der Waals surface area contributed by atoms with E-state index in [0.29, 0.717) is 6.04 Å². The maximum Gasteiger partial charge on any atom is 0.119 e. The minimum Gasteiger partial charge on any atom is -0.494 e. The van der Waals surface area contributed by atoms with Gasteiger partial charge in [-0.15, -0.1) is 0 Å². The quantitative estimate of drug-likeness (QED) is 0.876. The fraction of sp³-hybridized carbons (Fsp3) is 0.600. The summed E-state index contributed by atoms with van der Waals surface area (Å²) in [5, 5.41) is 4.21. The minimum atomic E-state index is 0.681. The second-order valence-corrected chi connectivity index (χ2v) is 5.54. The van der Waals surface area contributed by atoms with Crippen molar-refractivity contribution in [3.05, 3.63) is 28.8 Å². The average Bonchev–Trinajstić information content (AvgIpc) is 2.81. The fourth-order valence-corrected chi connectivity index (χ4v) is 2.92. The number of hydrogen-bond donors (Lipinski definition) is 1. The van der Waals surface area contributed by atoms with Gasteiger partial charge in [-0.05, 0) is 62.9 Å². The molecular weight excluding hydrogens is 246 g/mol. The summed E-state index contributed by atoms with van der Waals surface area (Å²) < 4.78 is 5.81. The van der Waals surface area contributed by atoms with Crippen molar-refractivity contribution in [1.29, 1.82) is 0 Å². The molecule has 0 bridgehead atoms. The van der Waals surface area contributed by atoms with Crippen molar-refractivity contribution < 1.29 is 4.74 Å². The van der Waals surface area contributed by atoms with Gasteiger partial charge in [-0.1, -0.05) is 18.0 Å². The molecule has 100 valence electrons. The van der Waals surface area contributed by atoms with E-state index in [1.54, 1.807) is 0 Å². The lowest BCUT2D eigenvalue weighted by atomic mass is 10.0. The van der Waals surface area contributed by atoms with Gasteiger partial charge in [-0.3, -0.25) is 0 Å². The Morgan fingerprint density at radius 1 is 1.39 bits per heavy atom. The van der Waals surface area contributed by atoms with E-state index in [9.17, 15) is 0 Å². The van der Waals surface area contributed by atoms with Crippen molar-refractivity contribution in [3.63, 3.8) is 0 Å². The van der Waals surface area contributed by atoms with E-state index in [-0.39, 0.29) is 0 Å². The van der Waals surface area contributed by atoms with Crippen molar-refractivity contribution in [2.24, 2.45) is 5.92 Å². The number of rotatable bonds is 5. The Hall–Kier alpha value is -0.730. The molecule has 1 saturated carbocycles. The van der Waals surface area contributed by atoms with E-state index in [1.807, 2.05) is 25.1 Å². The molecule has 0 spiro atoms. The first kappa shape index (κ1) is 13.7. The summed E-state index contributed by atoms with van der Waals surface area (Å²) in [5.41, 5.74) is 1.07. The molecule has 0 saturated heterocycles. The van der Waals surface area contributed by atoms with Crippen molar-refractivity contribution in [2.75, 3.05) is 13.7 Å². The molecule has 1 aromatic carbocycles. The normalized spacial score (nSPS) is 23.3. The smallest absolute Gasteiger partial charge is 0.119 e. The Morgan fingerprint density at radius 3 is 2.94 bits per heavy atom. The molecule has 18 heavy (non-hydrogen) atoms. The Balaban J connectivity index is 1.79. The van der Waals surface area contributed by atoms with Crippen LogP contribution in [0.15, 0.2) is 18.2 Å². The minimum absolute atomic E-state index is 0.681. The van der Waals surface area contributed by atoms with Gasteiger partial charge in [0.2, 0.25) is 0 Å². The third-order valence-corrected chi connectivity index (χ3v) is 4.34. The Labute approximate surface area is 115 Å². The van der Waals surface area contributed by atoms with Crippen LogP contribution >= 0.6 is 11.6 Å². The first-order valence-electron chi connectivity index (χ1n) is 6.77. The molecule has 2 rings (SSSR count). The lowest BCUT2D eigenvalue weighted by Crippen LogP contribution is -2.29. The van der Waals surface area contributed by atoms with Crippen LogP contribution in [0.25, 0.3) is 0 Å².